The fourth-order valence-corrected chi connectivity index (χ4v) is 2.24. The molecule has 0 bridgehead atoms. The van der Waals surface area contributed by atoms with Gasteiger partial charge in [-0.05, 0) is 48.2 Å². The molecule has 2 heteroatoms. The van der Waals surface area contributed by atoms with Gasteiger partial charge in [-0.1, -0.05) is 30.3 Å². The summed E-state index contributed by atoms with van der Waals surface area (Å²) in [5.74, 6) is -0.237. The highest BCUT2D eigenvalue weighted by molar-refractivity contribution is 6.22. The number of rotatable bonds is 2. The van der Waals surface area contributed by atoms with E-state index in [-0.39, 0.29) is 11.2 Å². The van der Waals surface area contributed by atoms with Gasteiger partial charge in [0.25, 0.3) is 0 Å². The smallest absolute Gasteiger partial charge is 0.123 e. The topological polar surface area (TPSA) is 0 Å². The highest BCUT2D eigenvalue weighted by Gasteiger charge is 2.13. The highest BCUT2D eigenvalue weighted by Crippen LogP contribution is 2.31. The fourth-order valence-electron chi connectivity index (χ4n) is 1.86. The first-order chi connectivity index (χ1) is 8.09. The molecule has 88 valence electrons. The first kappa shape index (κ1) is 12.1. The number of alkyl halides is 1. The van der Waals surface area contributed by atoms with E-state index in [1.54, 1.807) is 12.1 Å². The average molecular weight is 249 g/mol. The van der Waals surface area contributed by atoms with E-state index in [0.717, 1.165) is 11.1 Å². The Bertz CT molecular complexity index is 517. The van der Waals surface area contributed by atoms with Crippen LogP contribution >= 0.6 is 11.6 Å². The first-order valence-corrected chi connectivity index (χ1v) is 5.99. The van der Waals surface area contributed by atoms with Gasteiger partial charge in [0.05, 0.1) is 5.38 Å². The quantitative estimate of drug-likeness (QED) is 0.672. The molecule has 0 N–H and O–H groups in total. The lowest BCUT2D eigenvalue weighted by atomic mass is 9.97. The summed E-state index contributed by atoms with van der Waals surface area (Å²) in [6.45, 7) is 4.12. The summed E-state index contributed by atoms with van der Waals surface area (Å²) in [5.41, 5.74) is 4.41. The molecule has 1 atom stereocenters. The van der Waals surface area contributed by atoms with Crippen LogP contribution in [0.5, 0.6) is 0 Å². The molecule has 0 saturated heterocycles. The largest absolute Gasteiger partial charge is 0.207 e. The van der Waals surface area contributed by atoms with E-state index in [2.05, 4.69) is 19.9 Å². The van der Waals surface area contributed by atoms with E-state index in [0.29, 0.717) is 0 Å². The van der Waals surface area contributed by atoms with Gasteiger partial charge in [-0.3, -0.25) is 0 Å². The molecule has 2 rings (SSSR count). The molecule has 1 unspecified atom stereocenters. The molecule has 0 radical (unpaired) electrons. The summed E-state index contributed by atoms with van der Waals surface area (Å²) in [5, 5.41) is -0.226. The molecule has 0 fully saturated rings. The van der Waals surface area contributed by atoms with E-state index in [1.165, 1.54) is 23.3 Å². The van der Waals surface area contributed by atoms with Crippen LogP contribution in [0.15, 0.2) is 42.5 Å². The Hall–Kier alpha value is -1.34. The zero-order valence-electron chi connectivity index (χ0n) is 9.87. The average Bonchev–Trinajstić information content (AvgIpc) is 2.33. The summed E-state index contributed by atoms with van der Waals surface area (Å²) in [4.78, 5) is 0. The minimum Gasteiger partial charge on any atom is -0.207 e. The zero-order chi connectivity index (χ0) is 12.4. The molecule has 0 amide bonds. The highest BCUT2D eigenvalue weighted by atomic mass is 35.5. The van der Waals surface area contributed by atoms with Gasteiger partial charge in [-0.25, -0.2) is 4.39 Å². The molecule has 0 nitrogen and oxygen atoms in total. The summed E-state index contributed by atoms with van der Waals surface area (Å²) in [7, 11) is 0. The molecule has 0 heterocycles. The SMILES string of the molecule is Cc1cccc(C(Cl)c2ccc(F)cc2)c1C. The predicted octanol–water partition coefficient (Wildman–Crippen LogP) is 4.77. The lowest BCUT2D eigenvalue weighted by molar-refractivity contribution is 0.627. The summed E-state index contributed by atoms with van der Waals surface area (Å²) in [6.07, 6.45) is 0. The Morgan fingerprint density at radius 3 is 2.29 bits per heavy atom. The van der Waals surface area contributed by atoms with Crippen LogP contribution in [0, 0.1) is 19.7 Å². The van der Waals surface area contributed by atoms with E-state index in [4.69, 9.17) is 11.6 Å². The second-order valence-corrected chi connectivity index (χ2v) is 4.64. The van der Waals surface area contributed by atoms with Gasteiger partial charge in [-0.15, -0.1) is 11.6 Å². The van der Waals surface area contributed by atoms with Gasteiger partial charge in [0.1, 0.15) is 5.82 Å². The van der Waals surface area contributed by atoms with Crippen molar-refractivity contribution in [1.82, 2.24) is 0 Å². The first-order valence-electron chi connectivity index (χ1n) is 5.55. The minimum absolute atomic E-state index is 0.226. The van der Waals surface area contributed by atoms with Crippen molar-refractivity contribution in [1.29, 1.82) is 0 Å². The van der Waals surface area contributed by atoms with Crippen molar-refractivity contribution < 1.29 is 4.39 Å². The second kappa shape index (κ2) is 4.89. The number of halogens is 2. The molecule has 0 aliphatic rings. The molecule has 2 aromatic rings. The van der Waals surface area contributed by atoms with Crippen LogP contribution in [0.3, 0.4) is 0 Å². The molecule has 2 aromatic carbocycles. The Labute approximate surface area is 106 Å². The molecule has 17 heavy (non-hydrogen) atoms. The minimum atomic E-state index is -0.237. The van der Waals surface area contributed by atoms with Gasteiger partial charge in [-0.2, -0.15) is 0 Å². The van der Waals surface area contributed by atoms with Crippen molar-refractivity contribution in [3.8, 4) is 0 Å². The summed E-state index contributed by atoms with van der Waals surface area (Å²) < 4.78 is 12.9. The third-order valence-corrected chi connectivity index (χ3v) is 3.57. The van der Waals surface area contributed by atoms with Crippen molar-refractivity contribution in [2.45, 2.75) is 19.2 Å². The number of aryl methyl sites for hydroxylation is 1. The van der Waals surface area contributed by atoms with Crippen molar-refractivity contribution in [2.24, 2.45) is 0 Å². The number of hydrogen-bond acceptors (Lipinski definition) is 0. The normalized spacial score (nSPS) is 12.5. The Kier molecular flexibility index (Phi) is 3.49. The third kappa shape index (κ3) is 2.50. The second-order valence-electron chi connectivity index (χ2n) is 4.20. The molecule has 0 saturated carbocycles. The van der Waals surface area contributed by atoms with E-state index < -0.39 is 0 Å². The molecule has 0 spiro atoms. The fraction of sp³-hybridized carbons (Fsp3) is 0.200. The van der Waals surface area contributed by atoms with E-state index in [9.17, 15) is 4.39 Å². The lowest BCUT2D eigenvalue weighted by Crippen LogP contribution is -1.98. The van der Waals surface area contributed by atoms with Crippen molar-refractivity contribution in [2.75, 3.05) is 0 Å². The van der Waals surface area contributed by atoms with Gasteiger partial charge in [0, 0.05) is 0 Å². The van der Waals surface area contributed by atoms with Crippen LogP contribution in [-0.2, 0) is 0 Å². The van der Waals surface area contributed by atoms with Crippen LogP contribution in [0.4, 0.5) is 4.39 Å². The predicted molar refractivity (Wildman–Crippen MR) is 70.0 cm³/mol. The van der Waals surface area contributed by atoms with Crippen LogP contribution in [0.25, 0.3) is 0 Å². The standard InChI is InChI=1S/C15H14ClF/c1-10-4-3-5-14(11(10)2)15(16)12-6-8-13(17)9-7-12/h3-9,15H,1-2H3. The van der Waals surface area contributed by atoms with Gasteiger partial charge in [0.15, 0.2) is 0 Å². The molecule has 0 aromatic heterocycles. The van der Waals surface area contributed by atoms with Gasteiger partial charge < -0.3 is 0 Å². The van der Waals surface area contributed by atoms with Gasteiger partial charge in [0.2, 0.25) is 0 Å². The Morgan fingerprint density at radius 2 is 1.65 bits per heavy atom. The summed E-state index contributed by atoms with van der Waals surface area (Å²) in [6, 6.07) is 12.4. The zero-order valence-corrected chi connectivity index (χ0v) is 10.6. The van der Waals surface area contributed by atoms with Gasteiger partial charge >= 0.3 is 0 Å². The monoisotopic (exact) mass is 248 g/mol. The van der Waals surface area contributed by atoms with Crippen molar-refractivity contribution >= 4 is 11.6 Å². The van der Waals surface area contributed by atoms with Crippen molar-refractivity contribution in [3.05, 3.63) is 70.5 Å². The van der Waals surface area contributed by atoms with Crippen LogP contribution < -0.4 is 0 Å². The Balaban J connectivity index is 2.40. The third-order valence-electron chi connectivity index (χ3n) is 3.08. The maximum absolute atomic E-state index is 12.9. The number of benzene rings is 2. The Morgan fingerprint density at radius 1 is 1.00 bits per heavy atom. The molecule has 0 aliphatic carbocycles. The molecular formula is C15H14ClF. The molecule has 0 aliphatic heterocycles. The van der Waals surface area contributed by atoms with Crippen LogP contribution in [-0.4, -0.2) is 0 Å². The van der Waals surface area contributed by atoms with E-state index >= 15 is 0 Å². The van der Waals surface area contributed by atoms with E-state index in [1.807, 2.05) is 12.1 Å². The lowest BCUT2D eigenvalue weighted by Gasteiger charge is -2.14. The summed E-state index contributed by atoms with van der Waals surface area (Å²) >= 11 is 6.44. The maximum atomic E-state index is 12.9. The van der Waals surface area contributed by atoms with Crippen LogP contribution in [0.1, 0.15) is 27.6 Å². The van der Waals surface area contributed by atoms with Crippen LogP contribution in [0.2, 0.25) is 0 Å². The number of hydrogen-bond donors (Lipinski definition) is 0. The molecular weight excluding hydrogens is 235 g/mol. The van der Waals surface area contributed by atoms with Crippen molar-refractivity contribution in [3.63, 3.8) is 0 Å². The maximum Gasteiger partial charge on any atom is 0.123 e.